The molecule has 2 saturated heterocycles. The van der Waals surface area contributed by atoms with Gasteiger partial charge in [0.05, 0.1) is 0 Å². The van der Waals surface area contributed by atoms with Crippen LogP contribution in [0.1, 0.15) is 32.8 Å². The zero-order chi connectivity index (χ0) is 28.3. The fraction of sp³-hybridized carbons (Fsp3) is 0.278. The summed E-state index contributed by atoms with van der Waals surface area (Å²) < 4.78 is 31.9. The molecule has 0 saturated carbocycles. The van der Waals surface area contributed by atoms with E-state index in [9.17, 15) is 0 Å². The van der Waals surface area contributed by atoms with E-state index in [2.05, 4.69) is 116 Å². The summed E-state index contributed by atoms with van der Waals surface area (Å²) in [5, 5.41) is 0. The van der Waals surface area contributed by atoms with Gasteiger partial charge in [-0.1, -0.05) is 0 Å². The Labute approximate surface area is 247 Å². The van der Waals surface area contributed by atoms with Crippen LogP contribution in [0.3, 0.4) is 0 Å². The first-order valence-electron chi connectivity index (χ1n) is 14.5. The molecule has 2 fully saturated rings. The minimum atomic E-state index is -3.86. The first kappa shape index (κ1) is 28.4. The van der Waals surface area contributed by atoms with Gasteiger partial charge in [-0.05, 0) is 0 Å². The molecule has 2 heterocycles. The zero-order valence-corrected chi connectivity index (χ0v) is 26.8. The third-order valence-electron chi connectivity index (χ3n) is 8.20. The number of ether oxygens (including phenoxy) is 4. The van der Waals surface area contributed by atoms with Crippen LogP contribution in [0.4, 0.5) is 0 Å². The van der Waals surface area contributed by atoms with Crippen molar-refractivity contribution in [1.29, 1.82) is 0 Å². The molecule has 4 nitrogen and oxygen atoms in total. The van der Waals surface area contributed by atoms with E-state index in [1.54, 1.807) is 0 Å². The van der Waals surface area contributed by atoms with Gasteiger partial charge >= 0.3 is 249 Å². The maximum absolute atomic E-state index is 7.00. The third-order valence-corrected chi connectivity index (χ3v) is 22.7. The Morgan fingerprint density at radius 1 is 0.756 bits per heavy atom. The van der Waals surface area contributed by atoms with Crippen LogP contribution >= 0.6 is 0 Å². The molecule has 0 aromatic heterocycles. The second kappa shape index (κ2) is 12.2. The van der Waals surface area contributed by atoms with E-state index in [1.807, 2.05) is 32.0 Å². The van der Waals surface area contributed by atoms with Crippen molar-refractivity contribution >= 4 is 29.1 Å². The van der Waals surface area contributed by atoms with Crippen molar-refractivity contribution < 1.29 is 18.9 Å². The summed E-state index contributed by atoms with van der Waals surface area (Å²) in [6.07, 6.45) is 1.87. The molecule has 0 spiro atoms. The average molecular weight is 653 g/mol. The number of allylic oxidation sites excluding steroid dienone is 1. The van der Waals surface area contributed by atoms with Crippen molar-refractivity contribution in [2.45, 2.75) is 64.2 Å². The Morgan fingerprint density at radius 2 is 1.24 bits per heavy atom. The standard InChI is InChI=1S/C18H23O4.3C6H5.Sn/c1-4-8-14-11-15-16(22-18(2,3)21-15)17(20-14)19-12-13-9-6-5-7-10-13;3*1-2-4-6-5-3-1;/h4-7,9-10,14-17H,11-12H2,1-3H3;3*1-5H;/t14-,15+,16+,17+;;;;/m1..../s1. The molecule has 0 amide bonds. The number of benzene rings is 4. The quantitative estimate of drug-likeness (QED) is 0.236. The van der Waals surface area contributed by atoms with Crippen LogP contribution in [0.15, 0.2) is 131 Å². The van der Waals surface area contributed by atoms with Crippen molar-refractivity contribution in [1.82, 2.24) is 0 Å². The molecule has 6 rings (SSSR count). The topological polar surface area (TPSA) is 36.9 Å². The van der Waals surface area contributed by atoms with Crippen LogP contribution in [-0.4, -0.2) is 48.8 Å². The fourth-order valence-electron chi connectivity index (χ4n) is 6.58. The molecule has 41 heavy (non-hydrogen) atoms. The first-order valence-corrected chi connectivity index (χ1v) is 20.2. The Balaban J connectivity index is 1.46. The summed E-state index contributed by atoms with van der Waals surface area (Å²) in [5.74, 6) is -0.698. The molecule has 0 radical (unpaired) electrons. The van der Waals surface area contributed by atoms with E-state index in [0.717, 1.165) is 5.56 Å². The minimum absolute atomic E-state index is 0.134. The summed E-state index contributed by atoms with van der Waals surface area (Å²) in [7, 11) is 0. The molecule has 0 aliphatic carbocycles. The molecule has 0 unspecified atom stereocenters. The molecule has 2 aliphatic rings. The maximum atomic E-state index is 7.00. The van der Waals surface area contributed by atoms with E-state index < -0.39 is 30.5 Å². The molecule has 0 bridgehead atoms. The van der Waals surface area contributed by atoms with Gasteiger partial charge in [-0.2, -0.15) is 0 Å². The number of hydrogen-bond donors (Lipinski definition) is 0. The summed E-state index contributed by atoms with van der Waals surface area (Å²) in [4.78, 5) is 0. The van der Waals surface area contributed by atoms with Crippen LogP contribution in [0.25, 0.3) is 0 Å². The van der Waals surface area contributed by atoms with E-state index >= 15 is 0 Å². The van der Waals surface area contributed by atoms with Gasteiger partial charge in [-0.3, -0.25) is 0 Å². The Morgan fingerprint density at radius 3 is 1.73 bits per heavy atom. The second-order valence-electron chi connectivity index (χ2n) is 11.3. The van der Waals surface area contributed by atoms with E-state index in [1.165, 1.54) is 14.3 Å². The van der Waals surface area contributed by atoms with Gasteiger partial charge in [0, 0.05) is 0 Å². The summed E-state index contributed by atoms with van der Waals surface area (Å²) in [5.41, 5.74) is 1.10. The summed E-state index contributed by atoms with van der Waals surface area (Å²) >= 11 is -3.86. The van der Waals surface area contributed by atoms with Crippen molar-refractivity contribution in [3.63, 3.8) is 0 Å². The zero-order valence-electron chi connectivity index (χ0n) is 24.0. The van der Waals surface area contributed by atoms with Gasteiger partial charge in [0.2, 0.25) is 0 Å². The molecule has 4 aromatic carbocycles. The van der Waals surface area contributed by atoms with Crippen LogP contribution in [0.2, 0.25) is 0 Å². The number of rotatable bonds is 8. The van der Waals surface area contributed by atoms with Gasteiger partial charge < -0.3 is 0 Å². The fourth-order valence-corrected chi connectivity index (χ4v) is 21.4. The molecule has 210 valence electrons. The van der Waals surface area contributed by atoms with Gasteiger partial charge in [-0.25, -0.2) is 0 Å². The molecule has 4 atom stereocenters. The SMILES string of the molecule is C/C=[C](\[C@@H]1C[C@@H]2OC(C)(C)O[C@@H]2[C@@H](OCc2ccccc2)O1)[Sn]([c]1ccccc1)([c]1ccccc1)[c]1ccccc1. The molecule has 5 heteroatoms. The van der Waals surface area contributed by atoms with Gasteiger partial charge in [0.25, 0.3) is 0 Å². The Bertz CT molecular complexity index is 1340. The predicted octanol–water partition coefficient (Wildman–Crippen LogP) is 5.49. The second-order valence-corrected chi connectivity index (χ2v) is 22.1. The third kappa shape index (κ3) is 5.69. The molecule has 4 aromatic rings. The van der Waals surface area contributed by atoms with E-state index in [0.29, 0.717) is 13.0 Å². The average Bonchev–Trinajstić information content (AvgIpc) is 3.34. The van der Waals surface area contributed by atoms with Gasteiger partial charge in [-0.15, -0.1) is 0 Å². The molecular weight excluding hydrogens is 615 g/mol. The monoisotopic (exact) mass is 654 g/mol. The van der Waals surface area contributed by atoms with Gasteiger partial charge in [0.1, 0.15) is 0 Å². The Kier molecular flexibility index (Phi) is 8.47. The van der Waals surface area contributed by atoms with Gasteiger partial charge in [0.15, 0.2) is 0 Å². The van der Waals surface area contributed by atoms with Crippen LogP contribution in [-0.2, 0) is 25.6 Å². The first-order chi connectivity index (χ1) is 20.0. The number of fused-ring (bicyclic) bond motifs is 1. The number of hydrogen-bond acceptors (Lipinski definition) is 4. The van der Waals surface area contributed by atoms with E-state index in [4.69, 9.17) is 18.9 Å². The molecule has 2 aliphatic heterocycles. The van der Waals surface area contributed by atoms with Crippen LogP contribution in [0, 0.1) is 0 Å². The normalized spacial score (nSPS) is 24.1. The van der Waals surface area contributed by atoms with Crippen molar-refractivity contribution in [3.8, 4) is 0 Å². The summed E-state index contributed by atoms with van der Waals surface area (Å²) in [6.45, 7) is 6.57. The summed E-state index contributed by atoms with van der Waals surface area (Å²) in [6, 6.07) is 43.4. The van der Waals surface area contributed by atoms with Crippen molar-refractivity contribution in [2.75, 3.05) is 0 Å². The molecular formula is C36H38O4Sn. The van der Waals surface area contributed by atoms with Crippen LogP contribution in [0.5, 0.6) is 0 Å². The predicted molar refractivity (Wildman–Crippen MR) is 166 cm³/mol. The van der Waals surface area contributed by atoms with Crippen LogP contribution < -0.4 is 10.7 Å². The Hall–Kier alpha value is -2.74. The van der Waals surface area contributed by atoms with Crippen molar-refractivity contribution in [2.24, 2.45) is 0 Å². The van der Waals surface area contributed by atoms with E-state index in [-0.39, 0.29) is 18.3 Å². The molecule has 0 N–H and O–H groups in total. The van der Waals surface area contributed by atoms with Crippen molar-refractivity contribution in [3.05, 3.63) is 137 Å².